The largest absolute Gasteiger partial charge is 0.391 e. The molecule has 27 heavy (non-hydrogen) atoms. The van der Waals surface area contributed by atoms with Crippen LogP contribution < -0.4 is 10.6 Å². The Morgan fingerprint density at radius 3 is 2.70 bits per heavy atom. The highest BCUT2D eigenvalue weighted by Gasteiger charge is 2.37. The van der Waals surface area contributed by atoms with Crippen molar-refractivity contribution in [3.8, 4) is 0 Å². The highest BCUT2D eigenvalue weighted by atomic mass is 19.1. The number of benzene rings is 1. The van der Waals surface area contributed by atoms with E-state index in [0.717, 1.165) is 12.2 Å². The van der Waals surface area contributed by atoms with Gasteiger partial charge in [-0.3, -0.25) is 9.59 Å². The summed E-state index contributed by atoms with van der Waals surface area (Å²) in [4.78, 5) is 28.8. The van der Waals surface area contributed by atoms with Gasteiger partial charge in [-0.15, -0.1) is 0 Å². The van der Waals surface area contributed by atoms with Crippen LogP contribution in [0.4, 0.5) is 4.39 Å². The van der Waals surface area contributed by atoms with Gasteiger partial charge in [0.05, 0.1) is 30.7 Å². The van der Waals surface area contributed by atoms with Crippen molar-refractivity contribution in [2.24, 2.45) is 5.92 Å². The SMILES string of the molecule is CCn1cnc(CNC(=O)[C@@H]2C[C@@H](O)[C@H](NC(=O)c3ccc(F)cc3)C2)c1. The average Bonchev–Trinajstić information content (AvgIpc) is 3.27. The number of imidazole rings is 1. The Hall–Kier alpha value is -2.74. The molecular formula is C19H23FN4O3. The first-order valence-corrected chi connectivity index (χ1v) is 8.99. The standard InChI is InChI=1S/C19H23FN4O3/c1-2-24-10-15(22-11-24)9-21-18(26)13-7-16(17(25)8-13)23-19(27)12-3-5-14(20)6-4-12/h3-6,10-11,13,16-17,25H,2,7-9H2,1H3,(H,21,26)(H,23,27)/t13-,16+,17+/m0/s1. The summed E-state index contributed by atoms with van der Waals surface area (Å²) in [5.74, 6) is -1.37. The van der Waals surface area contributed by atoms with Gasteiger partial charge in [-0.25, -0.2) is 9.37 Å². The van der Waals surface area contributed by atoms with E-state index >= 15 is 0 Å². The van der Waals surface area contributed by atoms with Crippen molar-refractivity contribution >= 4 is 11.8 Å². The van der Waals surface area contributed by atoms with Crippen molar-refractivity contribution in [1.29, 1.82) is 0 Å². The van der Waals surface area contributed by atoms with Crippen LogP contribution >= 0.6 is 0 Å². The van der Waals surface area contributed by atoms with Crippen molar-refractivity contribution < 1.29 is 19.1 Å². The van der Waals surface area contributed by atoms with Crippen LogP contribution in [0.2, 0.25) is 0 Å². The van der Waals surface area contributed by atoms with E-state index in [0.29, 0.717) is 18.5 Å². The number of hydrogen-bond acceptors (Lipinski definition) is 4. The number of nitrogens with one attached hydrogen (secondary N) is 2. The topological polar surface area (TPSA) is 96.2 Å². The quantitative estimate of drug-likeness (QED) is 0.709. The minimum absolute atomic E-state index is 0.168. The molecule has 0 saturated heterocycles. The van der Waals surface area contributed by atoms with E-state index in [2.05, 4.69) is 15.6 Å². The normalized spacial score (nSPS) is 21.8. The van der Waals surface area contributed by atoms with Gasteiger partial charge < -0.3 is 20.3 Å². The Balaban J connectivity index is 1.51. The van der Waals surface area contributed by atoms with Gasteiger partial charge in [0.2, 0.25) is 5.91 Å². The Labute approximate surface area is 156 Å². The zero-order valence-electron chi connectivity index (χ0n) is 15.1. The maximum absolute atomic E-state index is 13.0. The van der Waals surface area contributed by atoms with Gasteiger partial charge in [0.1, 0.15) is 5.82 Å². The third-order valence-corrected chi connectivity index (χ3v) is 4.82. The average molecular weight is 374 g/mol. The summed E-state index contributed by atoms with van der Waals surface area (Å²) in [6.45, 7) is 3.14. The summed E-state index contributed by atoms with van der Waals surface area (Å²) in [6.07, 6.45) is 3.41. The molecule has 2 aromatic rings. The lowest BCUT2D eigenvalue weighted by Crippen LogP contribution is -2.40. The second-order valence-corrected chi connectivity index (χ2v) is 6.74. The molecule has 2 amide bonds. The molecular weight excluding hydrogens is 351 g/mol. The third kappa shape index (κ3) is 4.71. The molecule has 0 unspecified atom stereocenters. The van der Waals surface area contributed by atoms with Gasteiger partial charge in [-0.05, 0) is 44.0 Å². The number of halogens is 1. The van der Waals surface area contributed by atoms with Gasteiger partial charge in [0.25, 0.3) is 5.91 Å². The molecule has 0 aliphatic heterocycles. The van der Waals surface area contributed by atoms with E-state index in [-0.39, 0.29) is 18.2 Å². The second-order valence-electron chi connectivity index (χ2n) is 6.74. The molecule has 1 fully saturated rings. The predicted octanol–water partition coefficient (Wildman–Crippen LogP) is 1.23. The first-order valence-electron chi connectivity index (χ1n) is 8.99. The maximum Gasteiger partial charge on any atom is 0.251 e. The molecule has 7 nitrogen and oxygen atoms in total. The number of carbonyl (C=O) groups excluding carboxylic acids is 2. The minimum Gasteiger partial charge on any atom is -0.391 e. The molecule has 144 valence electrons. The molecule has 1 aromatic heterocycles. The maximum atomic E-state index is 13.0. The van der Waals surface area contributed by atoms with E-state index in [1.165, 1.54) is 24.3 Å². The van der Waals surface area contributed by atoms with Crippen LogP contribution in [0, 0.1) is 11.7 Å². The lowest BCUT2D eigenvalue weighted by Gasteiger charge is -2.16. The number of aryl methyl sites for hydroxylation is 1. The molecule has 8 heteroatoms. The number of hydrogen-bond donors (Lipinski definition) is 3. The summed E-state index contributed by atoms with van der Waals surface area (Å²) in [6, 6.07) is 4.65. The molecule has 3 N–H and O–H groups in total. The summed E-state index contributed by atoms with van der Waals surface area (Å²) >= 11 is 0. The van der Waals surface area contributed by atoms with Crippen molar-refractivity contribution in [2.75, 3.05) is 0 Å². The van der Waals surface area contributed by atoms with Crippen LogP contribution in [-0.2, 0) is 17.9 Å². The molecule has 1 aromatic carbocycles. The fraction of sp³-hybridized carbons (Fsp3) is 0.421. The molecule has 0 spiro atoms. The van der Waals surface area contributed by atoms with E-state index in [1.54, 1.807) is 6.33 Å². The molecule has 0 bridgehead atoms. The number of nitrogens with zero attached hydrogens (tertiary/aromatic N) is 2. The van der Waals surface area contributed by atoms with Crippen molar-refractivity contribution in [2.45, 2.75) is 45.0 Å². The number of rotatable bonds is 6. The van der Waals surface area contributed by atoms with Crippen LogP contribution in [0.1, 0.15) is 35.8 Å². The number of aromatic nitrogens is 2. The monoisotopic (exact) mass is 374 g/mol. The van der Waals surface area contributed by atoms with E-state index in [9.17, 15) is 19.1 Å². The molecule has 1 saturated carbocycles. The van der Waals surface area contributed by atoms with E-state index < -0.39 is 23.9 Å². The molecule has 3 rings (SSSR count). The zero-order valence-corrected chi connectivity index (χ0v) is 15.1. The molecule has 1 aliphatic carbocycles. The summed E-state index contributed by atoms with van der Waals surface area (Å²) < 4.78 is 14.9. The Morgan fingerprint density at radius 1 is 1.30 bits per heavy atom. The van der Waals surface area contributed by atoms with Gasteiger partial charge in [0, 0.05) is 24.2 Å². The van der Waals surface area contributed by atoms with E-state index in [1.807, 2.05) is 17.7 Å². The molecule has 3 atom stereocenters. The molecule has 0 radical (unpaired) electrons. The summed E-state index contributed by atoms with van der Waals surface area (Å²) in [5, 5.41) is 15.8. The fourth-order valence-corrected chi connectivity index (χ4v) is 3.23. The van der Waals surface area contributed by atoms with Crippen molar-refractivity contribution in [1.82, 2.24) is 20.2 Å². The number of amides is 2. The first-order chi connectivity index (χ1) is 13.0. The lowest BCUT2D eigenvalue weighted by molar-refractivity contribution is -0.125. The number of carbonyl (C=O) groups is 2. The third-order valence-electron chi connectivity index (χ3n) is 4.82. The molecule has 1 heterocycles. The van der Waals surface area contributed by atoms with Crippen LogP contribution in [-0.4, -0.2) is 38.6 Å². The Bertz CT molecular complexity index is 806. The predicted molar refractivity (Wildman–Crippen MR) is 96.1 cm³/mol. The fourth-order valence-electron chi connectivity index (χ4n) is 3.23. The Morgan fingerprint density at radius 2 is 2.04 bits per heavy atom. The second kappa shape index (κ2) is 8.30. The first kappa shape index (κ1) is 19.0. The zero-order chi connectivity index (χ0) is 19.4. The Kier molecular flexibility index (Phi) is 5.85. The summed E-state index contributed by atoms with van der Waals surface area (Å²) in [7, 11) is 0. The number of aliphatic hydroxyl groups excluding tert-OH is 1. The van der Waals surface area contributed by atoms with Gasteiger partial charge in [-0.2, -0.15) is 0 Å². The van der Waals surface area contributed by atoms with Crippen LogP contribution in [0.5, 0.6) is 0 Å². The van der Waals surface area contributed by atoms with Crippen LogP contribution in [0.15, 0.2) is 36.8 Å². The van der Waals surface area contributed by atoms with Crippen LogP contribution in [0.3, 0.4) is 0 Å². The highest BCUT2D eigenvalue weighted by molar-refractivity contribution is 5.94. The lowest BCUT2D eigenvalue weighted by atomic mass is 10.1. The van der Waals surface area contributed by atoms with Crippen molar-refractivity contribution in [3.05, 3.63) is 53.9 Å². The minimum atomic E-state index is -0.801. The van der Waals surface area contributed by atoms with Crippen molar-refractivity contribution in [3.63, 3.8) is 0 Å². The summed E-state index contributed by atoms with van der Waals surface area (Å²) in [5.41, 5.74) is 1.08. The highest BCUT2D eigenvalue weighted by Crippen LogP contribution is 2.26. The van der Waals surface area contributed by atoms with Gasteiger partial charge in [-0.1, -0.05) is 0 Å². The van der Waals surface area contributed by atoms with Crippen LogP contribution in [0.25, 0.3) is 0 Å². The smallest absolute Gasteiger partial charge is 0.251 e. The molecule has 1 aliphatic rings. The van der Waals surface area contributed by atoms with Gasteiger partial charge in [0.15, 0.2) is 0 Å². The number of aliphatic hydroxyl groups is 1. The van der Waals surface area contributed by atoms with E-state index in [4.69, 9.17) is 0 Å². The van der Waals surface area contributed by atoms with Gasteiger partial charge >= 0.3 is 0 Å².